The Morgan fingerprint density at radius 2 is 1.12 bits per heavy atom. The number of aromatic nitrogens is 4. The molecular weight excluding hydrogens is 762 g/mol. The maximum atomic E-state index is 6.30. The minimum absolute atomic E-state index is 0.510. The molecule has 4 heterocycles. The molecule has 4 nitrogen and oxygen atoms in total. The minimum Gasteiger partial charge on any atom is -0.255 e. The monoisotopic (exact) mass is 814 g/mol. The summed E-state index contributed by atoms with van der Waals surface area (Å²) in [4.78, 5) is 18.1. The summed E-state index contributed by atoms with van der Waals surface area (Å²) in [6.45, 7) is 11.3. The number of hydrogen-bond donors (Lipinski definition) is 0. The number of nitrogens with zero attached hydrogens (tertiary/aromatic N) is 4. The van der Waals surface area contributed by atoms with Gasteiger partial charge in [0.2, 0.25) is 0 Å². The second kappa shape index (κ2) is 19.6. The third-order valence-electron chi connectivity index (χ3n) is 9.62. The number of hydrogen-bond acceptors (Lipinski definition) is 4. The first-order valence-electron chi connectivity index (χ1n) is 18.1. The topological polar surface area (TPSA) is 51.6 Å². The zero-order valence-corrected chi connectivity index (χ0v) is 34.8. The van der Waals surface area contributed by atoms with E-state index in [4.69, 9.17) is 39.8 Å². The predicted octanol–water partition coefficient (Wildman–Crippen LogP) is 11.9. The molecule has 0 unspecified atom stereocenters. The van der Waals surface area contributed by atoms with Crippen molar-refractivity contribution in [2.24, 2.45) is 0 Å². The molecule has 0 amide bonds. The van der Waals surface area contributed by atoms with E-state index in [1.807, 2.05) is 24.4 Å². The van der Waals surface area contributed by atoms with Gasteiger partial charge in [-0.1, -0.05) is 34.8 Å². The van der Waals surface area contributed by atoms with Crippen molar-refractivity contribution in [3.05, 3.63) is 97.6 Å². The van der Waals surface area contributed by atoms with E-state index in [0.29, 0.717) is 5.15 Å². The Bertz CT molecular complexity index is 1600. The van der Waals surface area contributed by atoms with Crippen LogP contribution in [0.4, 0.5) is 0 Å². The quantitative estimate of drug-likeness (QED) is 0.112. The van der Waals surface area contributed by atoms with Crippen LogP contribution in [0.25, 0.3) is 11.4 Å². The van der Waals surface area contributed by atoms with Gasteiger partial charge in [0.25, 0.3) is 0 Å². The third-order valence-corrected chi connectivity index (χ3v) is 25.6. The van der Waals surface area contributed by atoms with Crippen LogP contribution in [-0.4, -0.2) is 38.3 Å². The molecule has 48 heavy (non-hydrogen) atoms. The van der Waals surface area contributed by atoms with Gasteiger partial charge in [-0.3, -0.25) is 9.97 Å². The Hall–Kier alpha value is -1.73. The van der Waals surface area contributed by atoms with Crippen molar-refractivity contribution < 1.29 is 0 Å². The van der Waals surface area contributed by atoms with Crippen molar-refractivity contribution in [1.29, 1.82) is 0 Å². The van der Waals surface area contributed by atoms with E-state index in [1.165, 1.54) is 74.1 Å². The second-order valence-corrected chi connectivity index (χ2v) is 27.8. The Kier molecular flexibility index (Phi) is 16.0. The Balaban J connectivity index is 0.000000168. The molecule has 2 aliphatic carbocycles. The number of pyridine rings is 4. The zero-order chi connectivity index (χ0) is 34.5. The van der Waals surface area contributed by atoms with Gasteiger partial charge in [0.05, 0.1) is 11.4 Å². The molecule has 0 bridgehead atoms. The molecule has 0 spiro atoms. The first kappa shape index (κ1) is 39.1. The molecule has 0 aliphatic heterocycles. The van der Waals surface area contributed by atoms with E-state index in [9.17, 15) is 0 Å². The van der Waals surface area contributed by atoms with Gasteiger partial charge < -0.3 is 0 Å². The maximum absolute atomic E-state index is 6.30. The maximum Gasteiger partial charge on any atom is 0.130 e. The van der Waals surface area contributed by atoms with Crippen LogP contribution in [0.15, 0.2) is 48.8 Å². The van der Waals surface area contributed by atoms with Gasteiger partial charge in [0.15, 0.2) is 0 Å². The fourth-order valence-electron chi connectivity index (χ4n) is 6.89. The van der Waals surface area contributed by atoms with Crippen LogP contribution in [-0.2, 0) is 25.7 Å². The van der Waals surface area contributed by atoms with Crippen LogP contribution >= 0.6 is 34.8 Å². The van der Waals surface area contributed by atoms with Crippen molar-refractivity contribution in [1.82, 2.24) is 19.9 Å². The minimum atomic E-state index is -2.25. The van der Waals surface area contributed by atoms with Crippen molar-refractivity contribution in [3.8, 4) is 11.4 Å². The number of fused-ring (bicyclic) bond motifs is 2. The molecule has 258 valence electrons. The Morgan fingerprint density at radius 1 is 0.604 bits per heavy atom. The van der Waals surface area contributed by atoms with Gasteiger partial charge in [-0.2, -0.15) is 0 Å². The molecule has 0 N–H and O–H groups in total. The summed E-state index contributed by atoms with van der Waals surface area (Å²) in [5.74, 6) is 0. The SMILES string of the molecule is CCC[CH2][Sn]([CH2]CCC)([CH2]CCC)[c]1cc(C)ccn1.Cc1ccnc(-c2cc(Cl)c3c(n2)CCC3)c1.Clc1cc(Cl)c2c(n1)CCC2. The van der Waals surface area contributed by atoms with E-state index in [1.54, 1.807) is 9.78 Å². The normalized spacial score (nSPS) is 13.2. The van der Waals surface area contributed by atoms with Crippen molar-refractivity contribution in [2.45, 2.75) is 125 Å². The zero-order valence-electron chi connectivity index (χ0n) is 29.6. The van der Waals surface area contributed by atoms with E-state index >= 15 is 0 Å². The van der Waals surface area contributed by atoms with E-state index in [0.717, 1.165) is 71.3 Å². The molecule has 0 saturated carbocycles. The first-order valence-corrected chi connectivity index (χ1v) is 26.7. The fraction of sp³-hybridized carbons (Fsp3) is 0.500. The molecule has 0 radical (unpaired) electrons. The summed E-state index contributed by atoms with van der Waals surface area (Å²) in [5, 5.41) is 2.12. The van der Waals surface area contributed by atoms with Crippen molar-refractivity contribution in [3.63, 3.8) is 0 Å². The van der Waals surface area contributed by atoms with Gasteiger partial charge in [0.1, 0.15) is 5.15 Å². The summed E-state index contributed by atoms with van der Waals surface area (Å²) in [6, 6.07) is 12.3. The fourth-order valence-corrected chi connectivity index (χ4v) is 23.4. The van der Waals surface area contributed by atoms with Gasteiger partial charge in [-0.25, -0.2) is 4.98 Å². The molecular formula is C40H53Cl3N4Sn. The molecule has 0 fully saturated rings. The third kappa shape index (κ3) is 10.9. The van der Waals surface area contributed by atoms with Gasteiger partial charge in [0, 0.05) is 27.6 Å². The molecule has 0 aromatic carbocycles. The number of halogens is 3. The summed E-state index contributed by atoms with van der Waals surface area (Å²) < 4.78 is 6.11. The van der Waals surface area contributed by atoms with Crippen molar-refractivity contribution in [2.75, 3.05) is 0 Å². The summed E-state index contributed by atoms with van der Waals surface area (Å²) in [6.07, 6.45) is 18.6. The van der Waals surface area contributed by atoms with Crippen LogP contribution in [0.5, 0.6) is 0 Å². The smallest absolute Gasteiger partial charge is 0.130 e. The average Bonchev–Trinajstić information content (AvgIpc) is 3.76. The summed E-state index contributed by atoms with van der Waals surface area (Å²) >= 11 is 15.7. The first-order chi connectivity index (χ1) is 23.2. The average molecular weight is 815 g/mol. The Morgan fingerprint density at radius 3 is 1.67 bits per heavy atom. The number of unbranched alkanes of at least 4 members (excludes halogenated alkanes) is 3. The molecule has 8 heteroatoms. The summed E-state index contributed by atoms with van der Waals surface area (Å²) in [5.41, 5.74) is 9.03. The van der Waals surface area contributed by atoms with E-state index in [2.05, 4.69) is 67.9 Å². The molecule has 2 aliphatic rings. The molecule has 6 rings (SSSR count). The van der Waals surface area contributed by atoms with Crippen molar-refractivity contribution >= 4 is 56.9 Å². The van der Waals surface area contributed by atoms with Gasteiger partial charge >= 0.3 is 130 Å². The van der Waals surface area contributed by atoms with Crippen LogP contribution < -0.4 is 3.71 Å². The number of rotatable bonds is 11. The standard InChI is InChI=1S/C14H13ClN2.C8H7Cl2N.C6H6N.3C4H9.Sn/c1-9-5-6-16-13(7-9)14-8-11(15)10-3-2-4-12(10)17-14;9-6-4-8(10)11-7-3-1-2-5(6)7;1-6-2-4-7-5-3-6;3*1-3-4-2;/h5-8H,2-4H2,1H3;4H,1-3H2;2-4H,1H3;3*1,3-4H2,2H3;. The molecule has 4 aromatic rings. The van der Waals surface area contributed by atoms with Crippen LogP contribution in [0.3, 0.4) is 0 Å². The van der Waals surface area contributed by atoms with Gasteiger partial charge in [-0.05, 0) is 86.4 Å². The van der Waals surface area contributed by atoms with Crippen LogP contribution in [0.1, 0.15) is 106 Å². The summed E-state index contributed by atoms with van der Waals surface area (Å²) in [7, 11) is 0. The Labute approximate surface area is 308 Å². The van der Waals surface area contributed by atoms with Crippen LogP contribution in [0.2, 0.25) is 28.5 Å². The molecule has 0 saturated heterocycles. The molecule has 4 aromatic heterocycles. The molecule has 0 atom stereocenters. The largest absolute Gasteiger partial charge is 0.255 e. The van der Waals surface area contributed by atoms with E-state index < -0.39 is 18.4 Å². The predicted molar refractivity (Wildman–Crippen MR) is 209 cm³/mol. The second-order valence-electron chi connectivity index (χ2n) is 13.5. The van der Waals surface area contributed by atoms with Crippen LogP contribution in [0, 0.1) is 13.8 Å². The van der Waals surface area contributed by atoms with E-state index in [-0.39, 0.29) is 0 Å². The number of aryl methyl sites for hydroxylation is 4. The van der Waals surface area contributed by atoms with Gasteiger partial charge in [-0.15, -0.1) is 0 Å².